The van der Waals surface area contributed by atoms with Gasteiger partial charge in [0, 0.05) is 18.2 Å². The molecule has 0 aliphatic rings. The average molecular weight is 799 g/mol. The Balaban J connectivity index is 0.000000699. The predicted octanol–water partition coefficient (Wildman–Crippen LogP) is 12.6. The van der Waals surface area contributed by atoms with E-state index in [1.165, 1.54) is 19.9 Å². The molecule has 4 rings (SSSR count). The molecule has 0 aliphatic carbocycles. The highest BCUT2D eigenvalue weighted by Crippen LogP contribution is 2.30. The van der Waals surface area contributed by atoms with E-state index in [1.54, 1.807) is 32.6 Å². The highest BCUT2D eigenvalue weighted by Gasteiger charge is 2.25. The molecule has 1 N–H and O–H groups in total. The van der Waals surface area contributed by atoms with Crippen molar-refractivity contribution in [3.05, 3.63) is 164 Å². The maximum Gasteiger partial charge on any atom is 0.200 e. The highest BCUT2D eigenvalue weighted by molar-refractivity contribution is 5.50. The van der Waals surface area contributed by atoms with Crippen molar-refractivity contribution >= 4 is 12.2 Å². The van der Waals surface area contributed by atoms with Crippen LogP contribution < -0.4 is 0 Å². The van der Waals surface area contributed by atoms with Gasteiger partial charge >= 0.3 is 0 Å². The fourth-order valence-electron chi connectivity index (χ4n) is 4.58. The van der Waals surface area contributed by atoms with E-state index in [1.807, 2.05) is 0 Å². The molecule has 0 heterocycles. The number of aliphatic hydroxyl groups excluding tert-OH is 1. The van der Waals surface area contributed by atoms with Crippen LogP contribution in [0.3, 0.4) is 0 Å². The predicted molar refractivity (Wildman–Crippen MR) is 182 cm³/mol. The molecule has 0 aliphatic heterocycles. The zero-order valence-electron chi connectivity index (χ0n) is 30.5. The Labute approximate surface area is 310 Å². The third-order valence-corrected chi connectivity index (χ3v) is 7.37. The number of rotatable bonds is 5. The van der Waals surface area contributed by atoms with E-state index in [-0.39, 0.29) is 23.5 Å². The van der Waals surface area contributed by atoms with Gasteiger partial charge in [-0.05, 0) is 92.1 Å². The molecule has 4 aromatic rings. The topological polar surface area (TPSA) is 20.2 Å². The van der Waals surface area contributed by atoms with Gasteiger partial charge in [-0.3, -0.25) is 0 Å². The van der Waals surface area contributed by atoms with E-state index in [4.69, 9.17) is 5.11 Å². The second-order valence-corrected chi connectivity index (χ2v) is 11.2. The lowest BCUT2D eigenvalue weighted by molar-refractivity contribution is 0.377. The van der Waals surface area contributed by atoms with E-state index >= 15 is 0 Å². The van der Waals surface area contributed by atoms with Crippen molar-refractivity contribution in [1.82, 2.24) is 0 Å². The Morgan fingerprint density at radius 3 is 1.40 bits per heavy atom. The van der Waals surface area contributed by atoms with E-state index in [0.29, 0.717) is 29.2 Å². The van der Waals surface area contributed by atoms with Crippen molar-refractivity contribution < 1.29 is 66.6 Å². The summed E-state index contributed by atoms with van der Waals surface area (Å²) in [6, 6.07) is 2.67. The maximum atomic E-state index is 13.5. The first-order chi connectivity index (χ1) is 25.6. The Hall–Kier alpha value is -4.88. The van der Waals surface area contributed by atoms with E-state index < -0.39 is 98.1 Å². The second kappa shape index (κ2) is 22.5. The van der Waals surface area contributed by atoms with Crippen molar-refractivity contribution in [3.63, 3.8) is 0 Å². The van der Waals surface area contributed by atoms with Crippen LogP contribution in [-0.2, 0) is 12.8 Å². The van der Waals surface area contributed by atoms with Crippen LogP contribution in [0.1, 0.15) is 78.1 Å². The van der Waals surface area contributed by atoms with Gasteiger partial charge in [-0.25, -0.2) is 61.5 Å². The van der Waals surface area contributed by atoms with Gasteiger partial charge in [0.05, 0.1) is 5.56 Å². The zero-order chi connectivity index (χ0) is 43.2. The summed E-state index contributed by atoms with van der Waals surface area (Å²) in [7, 11) is 1.00. The number of hydrogen-bond acceptors (Lipinski definition) is 1. The first kappa shape index (κ1) is 50.1. The summed E-state index contributed by atoms with van der Waals surface area (Å²) in [4.78, 5) is 0. The molecule has 300 valence electrons. The average Bonchev–Trinajstić information content (AvgIpc) is 3.17. The number of halogens is 14. The second-order valence-electron chi connectivity index (χ2n) is 11.2. The van der Waals surface area contributed by atoms with Gasteiger partial charge in [-0.15, -0.1) is 5.73 Å². The Kier molecular flexibility index (Phi) is 20.5. The van der Waals surface area contributed by atoms with Crippen LogP contribution in [0.15, 0.2) is 24.4 Å². The SMILES string of the molecule is C=Cc1cc(C)c(F)c(F)c1.CCc1c(F)c(F)c(C)c(F)c1F.CO.[CH2]c1c(F)c(F)c(F)c(C(C)C)c1CC.[CH]=C=Cc1c(F)c(F)c(F)c(F)c1F. The van der Waals surface area contributed by atoms with Crippen LogP contribution in [0.4, 0.5) is 61.5 Å². The molecule has 0 saturated heterocycles. The highest BCUT2D eigenvalue weighted by atomic mass is 19.2. The monoisotopic (exact) mass is 798 g/mol. The molecule has 55 heavy (non-hydrogen) atoms. The minimum atomic E-state index is -2.20. The fraction of sp³-hybridized carbons (Fsp3) is 0.250. The van der Waals surface area contributed by atoms with E-state index in [9.17, 15) is 61.5 Å². The van der Waals surface area contributed by atoms with Gasteiger partial charge in [0.15, 0.2) is 75.6 Å². The number of hydrogen-bond donors (Lipinski definition) is 1. The molecule has 1 nitrogen and oxygen atoms in total. The lowest BCUT2D eigenvalue weighted by Crippen LogP contribution is -2.08. The first-order valence-electron chi connectivity index (χ1n) is 15.7. The molecule has 0 fully saturated rings. The Morgan fingerprint density at radius 2 is 1.04 bits per heavy atom. The summed E-state index contributed by atoms with van der Waals surface area (Å²) in [5.74, 6) is -20.7. The third-order valence-electron chi connectivity index (χ3n) is 7.37. The van der Waals surface area contributed by atoms with Gasteiger partial charge in [0.2, 0.25) is 5.82 Å². The lowest BCUT2D eigenvalue weighted by atomic mass is 9.91. The molecule has 0 atom stereocenters. The van der Waals surface area contributed by atoms with Crippen LogP contribution in [0.5, 0.6) is 0 Å². The molecule has 2 radical (unpaired) electrons. The van der Waals surface area contributed by atoms with Gasteiger partial charge < -0.3 is 5.11 Å². The number of benzene rings is 4. The molecule has 0 aromatic heterocycles. The molecule has 4 aromatic carbocycles. The minimum Gasteiger partial charge on any atom is -0.400 e. The fourth-order valence-corrected chi connectivity index (χ4v) is 4.58. The first-order valence-corrected chi connectivity index (χ1v) is 15.7. The third kappa shape index (κ3) is 11.8. The van der Waals surface area contributed by atoms with E-state index in [0.717, 1.165) is 20.1 Å². The molecular weight excluding hydrogens is 762 g/mol. The quantitative estimate of drug-likeness (QED) is 0.0923. The normalized spacial score (nSPS) is 10.1. The summed E-state index contributed by atoms with van der Waals surface area (Å²) in [6.07, 6.45) is 2.32. The molecule has 0 spiro atoms. The summed E-state index contributed by atoms with van der Waals surface area (Å²) in [5, 5.41) is 7.00. The van der Waals surface area contributed by atoms with Crippen molar-refractivity contribution in [2.75, 3.05) is 7.11 Å². The molecular formula is C40H36F14O. The van der Waals surface area contributed by atoms with Crippen molar-refractivity contribution in [1.29, 1.82) is 0 Å². The van der Waals surface area contributed by atoms with Crippen molar-refractivity contribution in [3.8, 4) is 0 Å². The zero-order valence-corrected chi connectivity index (χ0v) is 30.5. The molecule has 15 heteroatoms. The summed E-state index contributed by atoms with van der Waals surface area (Å²) in [5.41, 5.74) is 0.999. The van der Waals surface area contributed by atoms with Gasteiger partial charge in [0.25, 0.3) is 0 Å². The lowest BCUT2D eigenvalue weighted by Gasteiger charge is -2.16. The smallest absolute Gasteiger partial charge is 0.200 e. The van der Waals surface area contributed by atoms with Gasteiger partial charge in [0.1, 0.15) is 0 Å². The molecule has 0 unspecified atom stereocenters. The Bertz CT molecular complexity index is 1950. The van der Waals surface area contributed by atoms with E-state index in [2.05, 4.69) is 20.1 Å². The largest absolute Gasteiger partial charge is 0.400 e. The van der Waals surface area contributed by atoms with Crippen LogP contribution in [0, 0.1) is 109 Å². The molecule has 0 amide bonds. The number of aryl methyl sites for hydroxylation is 1. The standard InChI is InChI=1S/C12H14F3.C9H2F5.C9H8F4.C9H8F2.CH4O/c1-5-8-7(4)10(13)12(15)11(14)9(8)6(2)3;1-2-3-4-5(10)7(12)9(14)8(13)6(4)11;1-3-5-8(12)6(10)4(2)7(11)9(5)13;1-3-7-4-6(2)9(11)8(10)5-7;1-2/h6H,4-5H2,1-3H3;1,3H;3H2,1-2H3;3-5H,1H2,2H3;2H,1H3. The minimum absolute atomic E-state index is 0.0277. The van der Waals surface area contributed by atoms with Crippen LogP contribution in [0.25, 0.3) is 12.2 Å². The van der Waals surface area contributed by atoms with Crippen molar-refractivity contribution in [2.45, 2.75) is 60.3 Å². The molecule has 0 bridgehead atoms. The van der Waals surface area contributed by atoms with Gasteiger partial charge in [-0.1, -0.05) is 40.3 Å². The van der Waals surface area contributed by atoms with Crippen LogP contribution in [-0.4, -0.2) is 12.2 Å². The summed E-state index contributed by atoms with van der Waals surface area (Å²) >= 11 is 0. The van der Waals surface area contributed by atoms with Crippen molar-refractivity contribution in [2.24, 2.45) is 0 Å². The van der Waals surface area contributed by atoms with Crippen LogP contribution >= 0.6 is 0 Å². The summed E-state index contributed by atoms with van der Waals surface area (Å²) in [6.45, 7) is 20.8. The van der Waals surface area contributed by atoms with Crippen LogP contribution in [0.2, 0.25) is 0 Å². The molecule has 0 saturated carbocycles. The Morgan fingerprint density at radius 1 is 0.618 bits per heavy atom. The maximum absolute atomic E-state index is 13.5. The van der Waals surface area contributed by atoms with Gasteiger partial charge in [-0.2, -0.15) is 0 Å². The summed E-state index contributed by atoms with van der Waals surface area (Å²) < 4.78 is 179. The number of aliphatic hydroxyl groups is 1.